The average Bonchev–Trinajstić information content (AvgIpc) is 2.99. The Bertz CT molecular complexity index is 716. The first kappa shape index (κ1) is 11.7. The summed E-state index contributed by atoms with van der Waals surface area (Å²) in [6, 6.07) is 7.18. The van der Waals surface area contributed by atoms with Gasteiger partial charge in [-0.15, -0.1) is 0 Å². The molecule has 0 radical (unpaired) electrons. The van der Waals surface area contributed by atoms with Crippen LogP contribution in [-0.4, -0.2) is 19.9 Å². The third-order valence-corrected chi connectivity index (χ3v) is 3.00. The number of benzene rings is 1. The van der Waals surface area contributed by atoms with E-state index in [4.69, 9.17) is 21.9 Å². The van der Waals surface area contributed by atoms with Gasteiger partial charge in [0.15, 0.2) is 0 Å². The minimum atomic E-state index is 0.343. The maximum Gasteiger partial charge on any atom is 0.263 e. The van der Waals surface area contributed by atoms with Gasteiger partial charge in [0.1, 0.15) is 11.4 Å². The third kappa shape index (κ3) is 2.06. The van der Waals surface area contributed by atoms with Gasteiger partial charge in [0.2, 0.25) is 5.82 Å². The second-order valence-corrected chi connectivity index (χ2v) is 4.43. The minimum Gasteiger partial charge on any atom is -0.383 e. The SMILES string of the molecule is Cn1ncc(-c2nc(-c3ccc(Cl)cc3)no2)c1N. The van der Waals surface area contributed by atoms with Crippen LogP contribution in [0.4, 0.5) is 5.82 Å². The highest BCUT2D eigenvalue weighted by atomic mass is 35.5. The van der Waals surface area contributed by atoms with Gasteiger partial charge in [0.05, 0.1) is 6.20 Å². The molecular formula is C12H10ClN5O. The molecular weight excluding hydrogens is 266 g/mol. The molecule has 0 bridgehead atoms. The molecule has 6 nitrogen and oxygen atoms in total. The molecule has 0 fully saturated rings. The smallest absolute Gasteiger partial charge is 0.263 e. The Morgan fingerprint density at radius 2 is 2.00 bits per heavy atom. The van der Waals surface area contributed by atoms with Crippen LogP contribution in [-0.2, 0) is 7.05 Å². The van der Waals surface area contributed by atoms with Crippen molar-refractivity contribution in [1.29, 1.82) is 0 Å². The summed E-state index contributed by atoms with van der Waals surface area (Å²) in [6.45, 7) is 0. The fourth-order valence-electron chi connectivity index (χ4n) is 1.66. The fraction of sp³-hybridized carbons (Fsp3) is 0.0833. The van der Waals surface area contributed by atoms with Crippen molar-refractivity contribution < 1.29 is 4.52 Å². The molecule has 0 spiro atoms. The lowest BCUT2D eigenvalue weighted by Crippen LogP contribution is -1.98. The predicted molar refractivity (Wildman–Crippen MR) is 71.4 cm³/mol. The van der Waals surface area contributed by atoms with E-state index < -0.39 is 0 Å². The number of aromatic nitrogens is 4. The number of rotatable bonds is 2. The summed E-state index contributed by atoms with van der Waals surface area (Å²) in [5, 5.41) is 8.61. The normalized spacial score (nSPS) is 10.8. The van der Waals surface area contributed by atoms with E-state index in [2.05, 4.69) is 15.2 Å². The summed E-state index contributed by atoms with van der Waals surface area (Å²) >= 11 is 5.83. The van der Waals surface area contributed by atoms with Crippen LogP contribution in [0.15, 0.2) is 35.0 Å². The molecule has 3 aromatic rings. The molecule has 19 heavy (non-hydrogen) atoms. The van der Waals surface area contributed by atoms with Crippen LogP contribution in [0.5, 0.6) is 0 Å². The molecule has 0 atom stereocenters. The lowest BCUT2D eigenvalue weighted by Gasteiger charge is -1.94. The maximum atomic E-state index is 5.86. The summed E-state index contributed by atoms with van der Waals surface area (Å²) in [6.07, 6.45) is 1.59. The molecule has 0 saturated heterocycles. The topological polar surface area (TPSA) is 82.8 Å². The van der Waals surface area contributed by atoms with Gasteiger partial charge >= 0.3 is 0 Å². The number of hydrogen-bond donors (Lipinski definition) is 1. The van der Waals surface area contributed by atoms with Crippen molar-refractivity contribution >= 4 is 17.4 Å². The zero-order chi connectivity index (χ0) is 13.4. The number of aryl methyl sites for hydroxylation is 1. The van der Waals surface area contributed by atoms with Crippen molar-refractivity contribution in [3.8, 4) is 22.8 Å². The van der Waals surface area contributed by atoms with Gasteiger partial charge in [-0.25, -0.2) is 0 Å². The molecule has 0 aliphatic rings. The highest BCUT2D eigenvalue weighted by Crippen LogP contribution is 2.26. The molecule has 0 amide bonds. The number of nitrogens with zero attached hydrogens (tertiary/aromatic N) is 4. The van der Waals surface area contributed by atoms with Gasteiger partial charge < -0.3 is 10.3 Å². The average molecular weight is 276 g/mol. The van der Waals surface area contributed by atoms with Crippen LogP contribution in [0, 0.1) is 0 Å². The third-order valence-electron chi connectivity index (χ3n) is 2.74. The Balaban J connectivity index is 2.00. The van der Waals surface area contributed by atoms with Crippen molar-refractivity contribution in [2.45, 2.75) is 0 Å². The van der Waals surface area contributed by atoms with Crippen molar-refractivity contribution in [3.05, 3.63) is 35.5 Å². The molecule has 0 saturated carbocycles. The van der Waals surface area contributed by atoms with Crippen molar-refractivity contribution in [2.24, 2.45) is 7.05 Å². The summed E-state index contributed by atoms with van der Waals surface area (Å²) in [5.41, 5.74) is 7.30. The first-order chi connectivity index (χ1) is 9.15. The van der Waals surface area contributed by atoms with Crippen LogP contribution in [0.3, 0.4) is 0 Å². The highest BCUT2D eigenvalue weighted by Gasteiger charge is 2.15. The maximum absolute atomic E-state index is 5.86. The van der Waals surface area contributed by atoms with Crippen molar-refractivity contribution in [2.75, 3.05) is 5.73 Å². The molecule has 3 rings (SSSR count). The highest BCUT2D eigenvalue weighted by molar-refractivity contribution is 6.30. The summed E-state index contributed by atoms with van der Waals surface area (Å²) < 4.78 is 6.75. The number of halogens is 1. The van der Waals surface area contributed by atoms with E-state index in [-0.39, 0.29) is 0 Å². The molecule has 1 aromatic carbocycles. The lowest BCUT2D eigenvalue weighted by atomic mass is 10.2. The van der Waals surface area contributed by atoms with Crippen LogP contribution < -0.4 is 5.73 Å². The Morgan fingerprint density at radius 3 is 2.63 bits per heavy atom. The standard InChI is InChI=1S/C12H10ClN5O/c1-18-10(14)9(6-15-18)12-16-11(17-19-12)7-2-4-8(13)5-3-7/h2-6H,14H2,1H3. The molecule has 96 valence electrons. The summed E-state index contributed by atoms with van der Waals surface area (Å²) in [7, 11) is 1.75. The second kappa shape index (κ2) is 4.40. The molecule has 2 aromatic heterocycles. The van der Waals surface area contributed by atoms with Gasteiger partial charge in [-0.3, -0.25) is 4.68 Å². The molecule has 0 unspecified atom stereocenters. The van der Waals surface area contributed by atoms with E-state index in [0.717, 1.165) is 5.56 Å². The number of anilines is 1. The number of nitrogen functional groups attached to an aromatic ring is 1. The van der Waals surface area contributed by atoms with Gasteiger partial charge in [-0.1, -0.05) is 16.8 Å². The predicted octanol–water partition coefficient (Wildman–Crippen LogP) is 2.37. The summed E-state index contributed by atoms with van der Waals surface area (Å²) in [4.78, 5) is 4.30. The van der Waals surface area contributed by atoms with Crippen molar-refractivity contribution in [1.82, 2.24) is 19.9 Å². The quantitative estimate of drug-likeness (QED) is 0.776. The summed E-state index contributed by atoms with van der Waals surface area (Å²) in [5.74, 6) is 1.30. The minimum absolute atomic E-state index is 0.343. The number of nitrogens with two attached hydrogens (primary N) is 1. The van der Waals surface area contributed by atoms with E-state index in [1.807, 2.05) is 12.1 Å². The van der Waals surface area contributed by atoms with Crippen LogP contribution >= 0.6 is 11.6 Å². The zero-order valence-electron chi connectivity index (χ0n) is 10.0. The second-order valence-electron chi connectivity index (χ2n) is 4.00. The molecule has 2 N–H and O–H groups in total. The lowest BCUT2D eigenvalue weighted by molar-refractivity contribution is 0.432. The molecule has 7 heteroatoms. The van der Waals surface area contributed by atoms with Crippen molar-refractivity contribution in [3.63, 3.8) is 0 Å². The van der Waals surface area contributed by atoms with Gasteiger partial charge in [0, 0.05) is 17.6 Å². The van der Waals surface area contributed by atoms with E-state index in [0.29, 0.717) is 28.1 Å². The first-order valence-corrected chi connectivity index (χ1v) is 5.90. The monoisotopic (exact) mass is 275 g/mol. The van der Waals surface area contributed by atoms with E-state index >= 15 is 0 Å². The van der Waals surface area contributed by atoms with Gasteiger partial charge in [0.25, 0.3) is 5.89 Å². The zero-order valence-corrected chi connectivity index (χ0v) is 10.8. The van der Waals surface area contributed by atoms with Crippen LogP contribution in [0.2, 0.25) is 5.02 Å². The van der Waals surface area contributed by atoms with E-state index in [1.54, 1.807) is 30.1 Å². The largest absolute Gasteiger partial charge is 0.383 e. The molecule has 2 heterocycles. The van der Waals surface area contributed by atoms with E-state index in [9.17, 15) is 0 Å². The van der Waals surface area contributed by atoms with Crippen LogP contribution in [0.25, 0.3) is 22.8 Å². The Labute approximate surface area is 113 Å². The fourth-order valence-corrected chi connectivity index (χ4v) is 1.79. The first-order valence-electron chi connectivity index (χ1n) is 5.52. The Hall–Kier alpha value is -2.34. The number of hydrogen-bond acceptors (Lipinski definition) is 5. The molecule has 0 aliphatic carbocycles. The van der Waals surface area contributed by atoms with Gasteiger partial charge in [-0.2, -0.15) is 10.1 Å². The van der Waals surface area contributed by atoms with Crippen LogP contribution in [0.1, 0.15) is 0 Å². The van der Waals surface area contributed by atoms with Gasteiger partial charge in [-0.05, 0) is 24.3 Å². The van der Waals surface area contributed by atoms with E-state index in [1.165, 1.54) is 0 Å². The molecule has 0 aliphatic heterocycles. The Morgan fingerprint density at radius 1 is 1.26 bits per heavy atom. The Kier molecular flexibility index (Phi) is 2.72.